The van der Waals surface area contributed by atoms with Crippen LogP contribution in [0.2, 0.25) is 5.02 Å². The molecule has 3 heteroatoms. The third-order valence-corrected chi connectivity index (χ3v) is 4.13. The lowest BCUT2D eigenvalue weighted by Crippen LogP contribution is -1.80. The minimum absolute atomic E-state index is 0.881. The highest BCUT2D eigenvalue weighted by Gasteiger charge is 2.11. The van der Waals surface area contributed by atoms with Crippen LogP contribution in [0.15, 0.2) is 18.2 Å². The first-order valence-corrected chi connectivity index (χ1v) is 5.71. The molecule has 2 aromatic rings. The van der Waals surface area contributed by atoms with Crippen LogP contribution in [0.5, 0.6) is 5.75 Å². The van der Waals surface area contributed by atoms with Crippen molar-refractivity contribution in [1.29, 1.82) is 0 Å². The van der Waals surface area contributed by atoms with Crippen LogP contribution < -0.4 is 4.74 Å². The SMILES string of the molecule is CCc1sc2c(OC)cccc2c1Cl. The summed E-state index contributed by atoms with van der Waals surface area (Å²) >= 11 is 7.96. The van der Waals surface area contributed by atoms with Crippen molar-refractivity contribution < 1.29 is 4.74 Å². The number of ether oxygens (including phenoxy) is 1. The predicted octanol–water partition coefficient (Wildman–Crippen LogP) is 4.13. The van der Waals surface area contributed by atoms with E-state index >= 15 is 0 Å². The van der Waals surface area contributed by atoms with Crippen molar-refractivity contribution in [2.75, 3.05) is 7.11 Å². The maximum Gasteiger partial charge on any atom is 0.136 e. The highest BCUT2D eigenvalue weighted by molar-refractivity contribution is 7.20. The predicted molar refractivity (Wildman–Crippen MR) is 62.8 cm³/mol. The zero-order valence-corrected chi connectivity index (χ0v) is 9.71. The summed E-state index contributed by atoms with van der Waals surface area (Å²) < 4.78 is 6.44. The number of aryl methyl sites for hydroxylation is 1. The smallest absolute Gasteiger partial charge is 0.136 e. The topological polar surface area (TPSA) is 9.23 Å². The van der Waals surface area contributed by atoms with E-state index in [1.165, 1.54) is 4.88 Å². The van der Waals surface area contributed by atoms with Crippen molar-refractivity contribution >= 4 is 33.0 Å². The summed E-state index contributed by atoms with van der Waals surface area (Å²) in [4.78, 5) is 1.23. The van der Waals surface area contributed by atoms with Gasteiger partial charge in [0.1, 0.15) is 5.75 Å². The minimum Gasteiger partial charge on any atom is -0.495 e. The van der Waals surface area contributed by atoms with E-state index in [-0.39, 0.29) is 0 Å². The van der Waals surface area contributed by atoms with Crippen molar-refractivity contribution in [3.8, 4) is 5.75 Å². The summed E-state index contributed by atoms with van der Waals surface area (Å²) in [5, 5.41) is 1.99. The molecule has 0 aliphatic heterocycles. The van der Waals surface area contributed by atoms with Gasteiger partial charge in [0.05, 0.1) is 16.8 Å². The molecule has 0 fully saturated rings. The molecule has 0 radical (unpaired) electrons. The molecular formula is C11H11ClOS. The van der Waals surface area contributed by atoms with Crippen LogP contribution in [-0.2, 0) is 6.42 Å². The van der Waals surface area contributed by atoms with Gasteiger partial charge in [-0.05, 0) is 12.5 Å². The second-order valence-corrected chi connectivity index (χ2v) is 4.51. The van der Waals surface area contributed by atoms with E-state index in [0.29, 0.717) is 0 Å². The molecule has 1 heterocycles. The molecule has 0 aliphatic carbocycles. The van der Waals surface area contributed by atoms with Gasteiger partial charge in [0.2, 0.25) is 0 Å². The van der Waals surface area contributed by atoms with E-state index in [0.717, 1.165) is 27.3 Å². The number of fused-ring (bicyclic) bond motifs is 1. The van der Waals surface area contributed by atoms with E-state index < -0.39 is 0 Å². The summed E-state index contributed by atoms with van der Waals surface area (Å²) in [5.74, 6) is 0.911. The van der Waals surface area contributed by atoms with E-state index in [9.17, 15) is 0 Å². The molecule has 1 aromatic carbocycles. The zero-order chi connectivity index (χ0) is 10.1. The van der Waals surface area contributed by atoms with Crippen LogP contribution in [0, 0.1) is 0 Å². The maximum atomic E-state index is 6.24. The summed E-state index contributed by atoms with van der Waals surface area (Å²) in [5.41, 5.74) is 0. The van der Waals surface area contributed by atoms with Gasteiger partial charge in [-0.15, -0.1) is 11.3 Å². The van der Waals surface area contributed by atoms with Crippen LogP contribution >= 0.6 is 22.9 Å². The number of rotatable bonds is 2. The maximum absolute atomic E-state index is 6.24. The number of benzene rings is 1. The van der Waals surface area contributed by atoms with Gasteiger partial charge in [0.15, 0.2) is 0 Å². The Balaban J connectivity index is 2.77. The molecule has 0 unspecified atom stereocenters. The fourth-order valence-electron chi connectivity index (χ4n) is 1.50. The first-order valence-electron chi connectivity index (χ1n) is 4.51. The Morgan fingerprint density at radius 3 is 2.86 bits per heavy atom. The zero-order valence-electron chi connectivity index (χ0n) is 8.13. The molecule has 74 valence electrons. The Kier molecular flexibility index (Phi) is 2.66. The molecule has 0 atom stereocenters. The lowest BCUT2D eigenvalue weighted by Gasteiger charge is -1.99. The van der Waals surface area contributed by atoms with E-state index in [1.54, 1.807) is 18.4 Å². The average molecular weight is 227 g/mol. The molecule has 0 aliphatic rings. The Morgan fingerprint density at radius 2 is 2.21 bits per heavy atom. The van der Waals surface area contributed by atoms with Crippen LogP contribution in [0.4, 0.5) is 0 Å². The molecule has 1 nitrogen and oxygen atoms in total. The van der Waals surface area contributed by atoms with E-state index in [1.807, 2.05) is 18.2 Å². The summed E-state index contributed by atoms with van der Waals surface area (Å²) in [6.45, 7) is 2.11. The van der Waals surface area contributed by atoms with Crippen molar-refractivity contribution in [1.82, 2.24) is 0 Å². The summed E-state index contributed by atoms with van der Waals surface area (Å²) in [6.07, 6.45) is 0.974. The highest BCUT2D eigenvalue weighted by Crippen LogP contribution is 2.40. The molecule has 0 amide bonds. The van der Waals surface area contributed by atoms with E-state index in [2.05, 4.69) is 6.92 Å². The van der Waals surface area contributed by atoms with Crippen molar-refractivity contribution in [2.45, 2.75) is 13.3 Å². The molecule has 0 spiro atoms. The lowest BCUT2D eigenvalue weighted by molar-refractivity contribution is 0.420. The second-order valence-electron chi connectivity index (χ2n) is 3.03. The Bertz CT molecular complexity index is 462. The van der Waals surface area contributed by atoms with Gasteiger partial charge in [-0.3, -0.25) is 0 Å². The van der Waals surface area contributed by atoms with Crippen molar-refractivity contribution in [2.24, 2.45) is 0 Å². The normalized spacial score (nSPS) is 10.8. The van der Waals surface area contributed by atoms with Gasteiger partial charge in [0.25, 0.3) is 0 Å². The highest BCUT2D eigenvalue weighted by atomic mass is 35.5. The molecule has 2 rings (SSSR count). The van der Waals surface area contributed by atoms with E-state index in [4.69, 9.17) is 16.3 Å². The number of methoxy groups -OCH3 is 1. The van der Waals surface area contributed by atoms with Crippen molar-refractivity contribution in [3.63, 3.8) is 0 Å². The molecule has 0 N–H and O–H groups in total. The van der Waals surface area contributed by atoms with Gasteiger partial charge in [0, 0.05) is 10.3 Å². The standard InChI is InChI=1S/C11H11ClOS/c1-3-9-10(12)7-5-4-6-8(13-2)11(7)14-9/h4-6H,3H2,1-2H3. The summed E-state index contributed by atoms with van der Waals surface area (Å²) in [6, 6.07) is 5.98. The fraction of sp³-hybridized carbons (Fsp3) is 0.273. The Hall–Kier alpha value is -0.730. The molecule has 0 saturated carbocycles. The summed E-state index contributed by atoms with van der Waals surface area (Å²) in [7, 11) is 1.69. The minimum atomic E-state index is 0.881. The van der Waals surface area contributed by atoms with Crippen LogP contribution in [0.1, 0.15) is 11.8 Å². The quantitative estimate of drug-likeness (QED) is 0.749. The largest absolute Gasteiger partial charge is 0.495 e. The van der Waals surface area contributed by atoms with Gasteiger partial charge in [-0.25, -0.2) is 0 Å². The average Bonchev–Trinajstić information content (AvgIpc) is 2.55. The fourth-order valence-corrected chi connectivity index (χ4v) is 3.09. The van der Waals surface area contributed by atoms with Gasteiger partial charge in [-0.1, -0.05) is 30.7 Å². The first-order chi connectivity index (χ1) is 6.77. The first kappa shape index (κ1) is 9.81. The number of hydrogen-bond donors (Lipinski definition) is 0. The van der Waals surface area contributed by atoms with Crippen molar-refractivity contribution in [3.05, 3.63) is 28.1 Å². The Morgan fingerprint density at radius 1 is 1.43 bits per heavy atom. The molecule has 0 bridgehead atoms. The lowest BCUT2D eigenvalue weighted by atomic mass is 10.2. The van der Waals surface area contributed by atoms with Gasteiger partial charge in [-0.2, -0.15) is 0 Å². The monoisotopic (exact) mass is 226 g/mol. The Labute approximate surface area is 92.3 Å². The van der Waals surface area contributed by atoms with Crippen LogP contribution in [0.25, 0.3) is 10.1 Å². The van der Waals surface area contributed by atoms with Gasteiger partial charge >= 0.3 is 0 Å². The second kappa shape index (κ2) is 3.79. The number of halogens is 1. The third kappa shape index (κ3) is 1.39. The number of thiophene rings is 1. The van der Waals surface area contributed by atoms with Crippen LogP contribution in [-0.4, -0.2) is 7.11 Å². The number of hydrogen-bond acceptors (Lipinski definition) is 2. The molecule has 14 heavy (non-hydrogen) atoms. The van der Waals surface area contributed by atoms with Crippen LogP contribution in [0.3, 0.4) is 0 Å². The third-order valence-electron chi connectivity index (χ3n) is 2.23. The molecule has 0 saturated heterocycles. The molecule has 1 aromatic heterocycles. The van der Waals surface area contributed by atoms with Gasteiger partial charge < -0.3 is 4.74 Å². The molecular weight excluding hydrogens is 216 g/mol.